The van der Waals surface area contributed by atoms with Gasteiger partial charge in [0, 0.05) is 17.1 Å². The zero-order valence-corrected chi connectivity index (χ0v) is 23.7. The standard InChI is InChI=1S/C31H33N5O2S/c1-6-22-8-11-23(12-9-22)28-27(29(37)33-25-13-15-26(38-5)16-14-25)21(4)32-30-34-31(35-36(28)30)39-18-24-10-7-19(2)17-20(24)3/h7-17,28H,6,18H2,1-5H3,(H,33,37)(H,32,34,35). The Morgan fingerprint density at radius 3 is 2.46 bits per heavy atom. The first-order valence-corrected chi connectivity index (χ1v) is 14.0. The molecule has 39 heavy (non-hydrogen) atoms. The van der Waals surface area contributed by atoms with Crippen LogP contribution in [-0.2, 0) is 17.0 Å². The van der Waals surface area contributed by atoms with Crippen LogP contribution in [0, 0.1) is 13.8 Å². The summed E-state index contributed by atoms with van der Waals surface area (Å²) in [6.45, 7) is 8.28. The van der Waals surface area contributed by atoms with Gasteiger partial charge in [0.15, 0.2) is 0 Å². The Balaban J connectivity index is 1.47. The van der Waals surface area contributed by atoms with E-state index >= 15 is 0 Å². The normalized spacial score (nSPS) is 14.5. The van der Waals surface area contributed by atoms with Crippen molar-refractivity contribution in [1.82, 2.24) is 14.8 Å². The Labute approximate surface area is 233 Å². The molecule has 1 aliphatic rings. The average molecular weight is 540 g/mol. The highest BCUT2D eigenvalue weighted by molar-refractivity contribution is 7.98. The van der Waals surface area contributed by atoms with Crippen LogP contribution in [0.1, 0.15) is 47.7 Å². The fourth-order valence-corrected chi connectivity index (χ4v) is 5.66. The number of fused-ring (bicyclic) bond motifs is 1. The van der Waals surface area contributed by atoms with Crippen LogP contribution in [0.15, 0.2) is 83.2 Å². The number of amides is 1. The van der Waals surface area contributed by atoms with Crippen molar-refractivity contribution in [3.8, 4) is 5.75 Å². The highest BCUT2D eigenvalue weighted by atomic mass is 32.2. The van der Waals surface area contributed by atoms with Crippen LogP contribution >= 0.6 is 11.8 Å². The number of hydrogen-bond donors (Lipinski definition) is 2. The summed E-state index contributed by atoms with van der Waals surface area (Å²) in [7, 11) is 1.62. The lowest BCUT2D eigenvalue weighted by molar-refractivity contribution is -0.113. The van der Waals surface area contributed by atoms with Crippen LogP contribution < -0.4 is 15.4 Å². The minimum Gasteiger partial charge on any atom is -0.497 e. The molecule has 4 aromatic rings. The predicted molar refractivity (Wildman–Crippen MR) is 157 cm³/mol. The second-order valence-electron chi connectivity index (χ2n) is 9.73. The zero-order chi connectivity index (χ0) is 27.5. The number of thioether (sulfide) groups is 1. The molecule has 0 radical (unpaired) electrons. The van der Waals surface area contributed by atoms with Crippen LogP contribution in [0.5, 0.6) is 5.75 Å². The molecule has 8 heteroatoms. The highest BCUT2D eigenvalue weighted by Gasteiger charge is 2.34. The summed E-state index contributed by atoms with van der Waals surface area (Å²) in [5, 5.41) is 11.9. The largest absolute Gasteiger partial charge is 0.497 e. The Morgan fingerprint density at radius 2 is 1.79 bits per heavy atom. The lowest BCUT2D eigenvalue weighted by atomic mass is 9.94. The molecule has 3 aromatic carbocycles. The maximum atomic E-state index is 13.7. The van der Waals surface area contributed by atoms with Crippen LogP contribution in [-0.4, -0.2) is 27.8 Å². The molecule has 1 amide bonds. The molecule has 0 spiro atoms. The van der Waals surface area contributed by atoms with Crippen LogP contribution in [0.4, 0.5) is 11.6 Å². The van der Waals surface area contributed by atoms with Gasteiger partial charge in [0.1, 0.15) is 11.8 Å². The number of methoxy groups -OCH3 is 1. The second-order valence-corrected chi connectivity index (χ2v) is 10.7. The Hall–Kier alpha value is -4.04. The number of rotatable bonds is 8. The number of carbonyl (C=O) groups is 1. The first-order chi connectivity index (χ1) is 18.9. The van der Waals surface area contributed by atoms with Gasteiger partial charge in [-0.15, -0.1) is 5.10 Å². The molecule has 5 rings (SSSR count). The number of hydrogen-bond acceptors (Lipinski definition) is 6. The van der Waals surface area contributed by atoms with Gasteiger partial charge in [-0.25, -0.2) is 4.68 Å². The van der Waals surface area contributed by atoms with Crippen LogP contribution in [0.25, 0.3) is 0 Å². The van der Waals surface area contributed by atoms with E-state index in [0.717, 1.165) is 29.2 Å². The molecular weight excluding hydrogens is 506 g/mol. The predicted octanol–water partition coefficient (Wildman–Crippen LogP) is 6.69. The minimum absolute atomic E-state index is 0.194. The number of aromatic nitrogens is 3. The molecule has 1 aliphatic heterocycles. The Bertz CT molecular complexity index is 1520. The quantitative estimate of drug-likeness (QED) is 0.243. The van der Waals surface area contributed by atoms with Crippen molar-refractivity contribution < 1.29 is 9.53 Å². The molecule has 0 aliphatic carbocycles. The van der Waals surface area contributed by atoms with Gasteiger partial charge in [0.2, 0.25) is 11.1 Å². The van der Waals surface area contributed by atoms with E-state index in [0.29, 0.717) is 22.4 Å². The summed E-state index contributed by atoms with van der Waals surface area (Å²) in [5.74, 6) is 1.93. The van der Waals surface area contributed by atoms with Crippen LogP contribution in [0.3, 0.4) is 0 Å². The van der Waals surface area contributed by atoms with E-state index in [4.69, 9.17) is 14.8 Å². The van der Waals surface area contributed by atoms with Gasteiger partial charge < -0.3 is 15.4 Å². The Kier molecular flexibility index (Phi) is 7.74. The van der Waals surface area contributed by atoms with E-state index in [9.17, 15) is 4.79 Å². The number of benzene rings is 3. The first kappa shape index (κ1) is 26.6. The fraction of sp³-hybridized carbons (Fsp3) is 0.258. The molecule has 0 saturated carbocycles. The third kappa shape index (κ3) is 5.71. The zero-order valence-electron chi connectivity index (χ0n) is 22.9. The molecule has 200 valence electrons. The van der Waals surface area contributed by atoms with E-state index in [1.165, 1.54) is 22.3 Å². The minimum atomic E-state index is -0.423. The second kappa shape index (κ2) is 11.4. The maximum Gasteiger partial charge on any atom is 0.255 e. The van der Waals surface area contributed by atoms with Gasteiger partial charge in [0.05, 0.1) is 12.7 Å². The highest BCUT2D eigenvalue weighted by Crippen LogP contribution is 2.37. The molecule has 2 N–H and O–H groups in total. The van der Waals surface area contributed by atoms with E-state index < -0.39 is 6.04 Å². The van der Waals surface area contributed by atoms with Crippen molar-refractivity contribution in [2.24, 2.45) is 0 Å². The molecule has 7 nitrogen and oxygen atoms in total. The molecule has 0 fully saturated rings. The average Bonchev–Trinajstić information content (AvgIpc) is 3.34. The van der Waals surface area contributed by atoms with Crippen molar-refractivity contribution in [2.75, 3.05) is 17.7 Å². The number of nitrogens with one attached hydrogen (secondary N) is 2. The lowest BCUT2D eigenvalue weighted by Gasteiger charge is -2.28. The lowest BCUT2D eigenvalue weighted by Crippen LogP contribution is -2.31. The van der Waals surface area contributed by atoms with Gasteiger partial charge in [-0.05, 0) is 73.7 Å². The van der Waals surface area contributed by atoms with Crippen LogP contribution in [0.2, 0.25) is 0 Å². The fourth-order valence-electron chi connectivity index (χ4n) is 4.75. The topological polar surface area (TPSA) is 81.1 Å². The van der Waals surface area contributed by atoms with Crippen molar-refractivity contribution in [3.63, 3.8) is 0 Å². The van der Waals surface area contributed by atoms with Gasteiger partial charge in [-0.3, -0.25) is 4.79 Å². The summed E-state index contributed by atoms with van der Waals surface area (Å²) in [6, 6.07) is 21.8. The molecule has 1 unspecified atom stereocenters. The number of aryl methyl sites for hydroxylation is 3. The monoisotopic (exact) mass is 539 g/mol. The van der Waals surface area contributed by atoms with Gasteiger partial charge >= 0.3 is 0 Å². The van der Waals surface area contributed by atoms with E-state index in [2.05, 4.69) is 73.9 Å². The molecular formula is C31H33N5O2S. The van der Waals surface area contributed by atoms with E-state index in [1.54, 1.807) is 18.9 Å². The number of ether oxygens (including phenoxy) is 1. The third-order valence-corrected chi connectivity index (χ3v) is 7.87. The molecule has 0 bridgehead atoms. The number of allylic oxidation sites excluding steroid dienone is 1. The molecule has 1 aromatic heterocycles. The van der Waals surface area contributed by atoms with Crippen molar-refractivity contribution in [2.45, 2.75) is 51.1 Å². The number of anilines is 2. The summed E-state index contributed by atoms with van der Waals surface area (Å²) in [6.07, 6.45) is 0.944. The third-order valence-electron chi connectivity index (χ3n) is 6.98. The summed E-state index contributed by atoms with van der Waals surface area (Å²) in [4.78, 5) is 18.5. The number of carbonyl (C=O) groups excluding carboxylic acids is 1. The Morgan fingerprint density at radius 1 is 1.05 bits per heavy atom. The molecule has 1 atom stereocenters. The van der Waals surface area contributed by atoms with Crippen molar-refractivity contribution in [3.05, 3.63) is 106 Å². The maximum absolute atomic E-state index is 13.7. The summed E-state index contributed by atoms with van der Waals surface area (Å²) in [5.41, 5.74) is 8.01. The molecule has 0 saturated heterocycles. The number of nitrogens with zero attached hydrogens (tertiary/aromatic N) is 3. The van der Waals surface area contributed by atoms with Gasteiger partial charge in [-0.1, -0.05) is 66.7 Å². The summed E-state index contributed by atoms with van der Waals surface area (Å²) < 4.78 is 7.08. The summed E-state index contributed by atoms with van der Waals surface area (Å²) >= 11 is 1.59. The van der Waals surface area contributed by atoms with Crippen molar-refractivity contribution in [1.29, 1.82) is 0 Å². The smallest absolute Gasteiger partial charge is 0.255 e. The van der Waals surface area contributed by atoms with E-state index in [-0.39, 0.29) is 5.91 Å². The van der Waals surface area contributed by atoms with Gasteiger partial charge in [0.25, 0.3) is 5.91 Å². The van der Waals surface area contributed by atoms with E-state index in [1.807, 2.05) is 35.9 Å². The SMILES string of the molecule is CCc1ccc(C2C(C(=O)Nc3ccc(OC)cc3)=C(C)Nc3nc(SCc4ccc(C)cc4C)nn32)cc1. The van der Waals surface area contributed by atoms with Crippen molar-refractivity contribution >= 4 is 29.3 Å². The molecule has 2 heterocycles. The van der Waals surface area contributed by atoms with Gasteiger partial charge in [-0.2, -0.15) is 4.98 Å². The first-order valence-electron chi connectivity index (χ1n) is 13.0.